The summed E-state index contributed by atoms with van der Waals surface area (Å²) in [4.78, 5) is 14.6. The molecular weight excluding hydrogens is 232 g/mol. The van der Waals surface area contributed by atoms with Gasteiger partial charge in [0.05, 0.1) is 6.61 Å². The lowest BCUT2D eigenvalue weighted by atomic mass is 10.1. The van der Waals surface area contributed by atoms with Crippen molar-refractivity contribution < 1.29 is 4.74 Å². The molecule has 0 saturated heterocycles. The monoisotopic (exact) mass is 254 g/mol. The quantitative estimate of drug-likeness (QED) is 0.558. The Labute approximate surface area is 108 Å². The first-order chi connectivity index (χ1) is 8.65. The zero-order chi connectivity index (χ0) is 13.5. The molecule has 3 N–H and O–H groups in total. The molecule has 1 heterocycles. The minimum atomic E-state index is 0.285. The third kappa shape index (κ3) is 3.43. The molecule has 0 amide bonds. The van der Waals surface area contributed by atoms with Crippen molar-refractivity contribution in [3.63, 3.8) is 0 Å². The normalized spacial score (nSPS) is 10.6. The molecule has 102 valence electrons. The third-order valence-electron chi connectivity index (χ3n) is 2.81. The van der Waals surface area contributed by atoms with E-state index in [2.05, 4.69) is 34.2 Å². The molecule has 0 spiro atoms. The molecule has 1 rings (SSSR count). The van der Waals surface area contributed by atoms with Gasteiger partial charge in [0.15, 0.2) is 0 Å². The van der Waals surface area contributed by atoms with Gasteiger partial charge in [-0.1, -0.05) is 13.8 Å². The summed E-state index contributed by atoms with van der Waals surface area (Å²) < 4.78 is 5.30. The second-order valence-electron chi connectivity index (χ2n) is 3.90. The van der Waals surface area contributed by atoms with Gasteiger partial charge in [-0.2, -0.15) is 15.0 Å². The molecule has 0 aliphatic carbocycles. The van der Waals surface area contributed by atoms with Crippen molar-refractivity contribution >= 4 is 11.9 Å². The average Bonchev–Trinajstić information content (AvgIpc) is 2.40. The third-order valence-corrected chi connectivity index (χ3v) is 2.81. The van der Waals surface area contributed by atoms with E-state index in [1.807, 2.05) is 18.9 Å². The van der Waals surface area contributed by atoms with E-state index in [1.54, 1.807) is 0 Å². The molecule has 0 atom stereocenters. The topological polar surface area (TPSA) is 89.2 Å². The number of nitrogens with one attached hydrogen (secondary N) is 1. The molecular formula is C11H22N6O. The van der Waals surface area contributed by atoms with Crippen LogP contribution in [-0.2, 0) is 0 Å². The summed E-state index contributed by atoms with van der Waals surface area (Å²) in [6.45, 7) is 6.65. The summed E-state index contributed by atoms with van der Waals surface area (Å²) in [6.07, 6.45) is 2.04. The minimum Gasteiger partial charge on any atom is -0.464 e. The van der Waals surface area contributed by atoms with Crippen LogP contribution in [-0.4, -0.2) is 34.6 Å². The van der Waals surface area contributed by atoms with Crippen molar-refractivity contribution in [2.24, 2.45) is 5.84 Å². The predicted molar refractivity (Wildman–Crippen MR) is 71.6 cm³/mol. The summed E-state index contributed by atoms with van der Waals surface area (Å²) in [7, 11) is 1.96. The van der Waals surface area contributed by atoms with E-state index in [9.17, 15) is 0 Å². The highest BCUT2D eigenvalue weighted by Gasteiger charge is 2.16. The molecule has 18 heavy (non-hydrogen) atoms. The van der Waals surface area contributed by atoms with Crippen molar-refractivity contribution in [3.05, 3.63) is 0 Å². The number of anilines is 2. The predicted octanol–water partition coefficient (Wildman–Crippen LogP) is 1.18. The highest BCUT2D eigenvalue weighted by molar-refractivity contribution is 5.37. The Balaban J connectivity index is 3.02. The fourth-order valence-electron chi connectivity index (χ4n) is 1.76. The first kappa shape index (κ1) is 14.4. The highest BCUT2D eigenvalue weighted by atomic mass is 16.5. The summed E-state index contributed by atoms with van der Waals surface area (Å²) in [5.41, 5.74) is 2.43. The Bertz CT molecular complexity index is 369. The second-order valence-corrected chi connectivity index (χ2v) is 3.90. The number of nitrogen functional groups attached to an aromatic ring is 1. The number of rotatable bonds is 7. The lowest BCUT2D eigenvalue weighted by Gasteiger charge is -2.26. The zero-order valence-corrected chi connectivity index (χ0v) is 11.5. The van der Waals surface area contributed by atoms with Crippen LogP contribution in [0.3, 0.4) is 0 Å². The maximum atomic E-state index is 5.35. The summed E-state index contributed by atoms with van der Waals surface area (Å²) in [6, 6.07) is 0.667. The Morgan fingerprint density at radius 1 is 1.22 bits per heavy atom. The van der Waals surface area contributed by atoms with Crippen LogP contribution in [0.4, 0.5) is 11.9 Å². The van der Waals surface area contributed by atoms with Crippen LogP contribution in [0.5, 0.6) is 6.01 Å². The van der Waals surface area contributed by atoms with Crippen molar-refractivity contribution in [2.75, 3.05) is 24.0 Å². The number of hydrazine groups is 1. The van der Waals surface area contributed by atoms with Gasteiger partial charge in [0.25, 0.3) is 0 Å². The molecule has 0 aliphatic heterocycles. The molecule has 0 bridgehead atoms. The molecule has 0 unspecified atom stereocenters. The number of nitrogens with two attached hydrogens (primary N) is 1. The molecule has 0 aromatic carbocycles. The van der Waals surface area contributed by atoms with Crippen LogP contribution < -0.4 is 20.9 Å². The van der Waals surface area contributed by atoms with E-state index < -0.39 is 0 Å². The van der Waals surface area contributed by atoms with Gasteiger partial charge in [-0.15, -0.1) is 0 Å². The summed E-state index contributed by atoms with van der Waals surface area (Å²) in [5.74, 6) is 6.22. The number of hydrogen-bond donors (Lipinski definition) is 2. The van der Waals surface area contributed by atoms with Crippen LogP contribution in [0, 0.1) is 0 Å². The van der Waals surface area contributed by atoms with E-state index in [0.717, 1.165) is 12.8 Å². The molecule has 1 aromatic rings. The Morgan fingerprint density at radius 2 is 1.89 bits per heavy atom. The van der Waals surface area contributed by atoms with Crippen LogP contribution in [0.1, 0.15) is 33.6 Å². The highest BCUT2D eigenvalue weighted by Crippen LogP contribution is 2.17. The van der Waals surface area contributed by atoms with Crippen molar-refractivity contribution in [1.29, 1.82) is 0 Å². The minimum absolute atomic E-state index is 0.285. The van der Waals surface area contributed by atoms with Gasteiger partial charge in [0.2, 0.25) is 11.9 Å². The largest absolute Gasteiger partial charge is 0.464 e. The van der Waals surface area contributed by atoms with Gasteiger partial charge >= 0.3 is 6.01 Å². The van der Waals surface area contributed by atoms with E-state index in [1.165, 1.54) is 0 Å². The van der Waals surface area contributed by atoms with Crippen molar-refractivity contribution in [1.82, 2.24) is 15.0 Å². The SMILES string of the molecule is CCOc1nc(NN)nc(N(C)C(CC)CC)n1. The molecule has 7 heteroatoms. The molecule has 0 radical (unpaired) electrons. The average molecular weight is 254 g/mol. The smallest absolute Gasteiger partial charge is 0.323 e. The van der Waals surface area contributed by atoms with Crippen molar-refractivity contribution in [2.45, 2.75) is 39.7 Å². The molecule has 1 aromatic heterocycles. The lowest BCUT2D eigenvalue weighted by molar-refractivity contribution is 0.311. The lowest BCUT2D eigenvalue weighted by Crippen LogP contribution is -2.32. The zero-order valence-electron chi connectivity index (χ0n) is 11.5. The molecule has 7 nitrogen and oxygen atoms in total. The van der Waals surface area contributed by atoms with Gasteiger partial charge in [-0.25, -0.2) is 5.84 Å². The Hall–Kier alpha value is -1.63. The fraction of sp³-hybridized carbons (Fsp3) is 0.727. The van der Waals surface area contributed by atoms with Crippen molar-refractivity contribution in [3.8, 4) is 6.01 Å². The van der Waals surface area contributed by atoms with Gasteiger partial charge in [-0.05, 0) is 19.8 Å². The number of hydrogen-bond acceptors (Lipinski definition) is 7. The van der Waals surface area contributed by atoms with E-state index >= 15 is 0 Å². The fourth-order valence-corrected chi connectivity index (χ4v) is 1.76. The first-order valence-electron chi connectivity index (χ1n) is 6.24. The van der Waals surface area contributed by atoms with Gasteiger partial charge in [-0.3, -0.25) is 5.43 Å². The maximum absolute atomic E-state index is 5.35. The number of nitrogens with zero attached hydrogens (tertiary/aromatic N) is 4. The van der Waals surface area contributed by atoms with Crippen LogP contribution in [0.25, 0.3) is 0 Å². The standard InChI is InChI=1S/C11H22N6O/c1-5-8(6-2)17(4)10-13-9(16-12)14-11(15-10)18-7-3/h8H,5-7,12H2,1-4H3,(H,13,14,15,16). The first-order valence-corrected chi connectivity index (χ1v) is 6.24. The molecule has 0 saturated carbocycles. The summed E-state index contributed by atoms with van der Waals surface area (Å²) >= 11 is 0. The second kappa shape index (κ2) is 6.95. The van der Waals surface area contributed by atoms with E-state index in [-0.39, 0.29) is 6.01 Å². The van der Waals surface area contributed by atoms with E-state index in [4.69, 9.17) is 10.6 Å². The Morgan fingerprint density at radius 3 is 2.39 bits per heavy atom. The molecule has 0 aliphatic rings. The van der Waals surface area contributed by atoms with Gasteiger partial charge in [0.1, 0.15) is 0 Å². The van der Waals surface area contributed by atoms with Crippen LogP contribution >= 0.6 is 0 Å². The van der Waals surface area contributed by atoms with Gasteiger partial charge in [0, 0.05) is 13.1 Å². The van der Waals surface area contributed by atoms with Gasteiger partial charge < -0.3 is 9.64 Å². The summed E-state index contributed by atoms with van der Waals surface area (Å²) in [5, 5.41) is 0. The van der Waals surface area contributed by atoms with Crippen LogP contribution in [0.2, 0.25) is 0 Å². The number of ether oxygens (including phenoxy) is 1. The maximum Gasteiger partial charge on any atom is 0.323 e. The number of aromatic nitrogens is 3. The molecule has 0 fully saturated rings. The van der Waals surface area contributed by atoms with E-state index in [0.29, 0.717) is 24.5 Å². The Kier molecular flexibility index (Phi) is 5.57. The van der Waals surface area contributed by atoms with Crippen LogP contribution in [0.15, 0.2) is 0 Å².